The second-order valence-corrected chi connectivity index (χ2v) is 4.57. The van der Waals surface area contributed by atoms with Gasteiger partial charge in [-0.1, -0.05) is 0 Å². The number of rotatable bonds is 3. The maximum Gasteiger partial charge on any atom is 0.224 e. The van der Waals surface area contributed by atoms with Crippen LogP contribution in [0.4, 0.5) is 0 Å². The van der Waals surface area contributed by atoms with Gasteiger partial charge in [-0.25, -0.2) is 0 Å². The highest BCUT2D eigenvalue weighted by molar-refractivity contribution is 7.07. The Morgan fingerprint density at radius 2 is 2.47 bits per heavy atom. The number of halogens is 1. The third kappa shape index (κ3) is 3.67. The zero-order valence-electron chi connectivity index (χ0n) is 9.50. The summed E-state index contributed by atoms with van der Waals surface area (Å²) in [6.07, 6.45) is 0.456. The van der Waals surface area contributed by atoms with Gasteiger partial charge in [-0.2, -0.15) is 11.3 Å². The summed E-state index contributed by atoms with van der Waals surface area (Å²) < 4.78 is 5.66. The van der Waals surface area contributed by atoms with Crippen LogP contribution in [0.15, 0.2) is 16.8 Å². The van der Waals surface area contributed by atoms with Gasteiger partial charge < -0.3 is 15.4 Å². The summed E-state index contributed by atoms with van der Waals surface area (Å²) in [5.74, 6) is 0.131. The molecule has 2 N–H and O–H groups in total. The van der Waals surface area contributed by atoms with Crippen LogP contribution in [0.1, 0.15) is 18.1 Å². The number of amides is 1. The fourth-order valence-corrected chi connectivity index (χ4v) is 2.52. The third-order valence-electron chi connectivity index (χ3n) is 2.69. The lowest BCUT2D eigenvalue weighted by Gasteiger charge is -2.32. The van der Waals surface area contributed by atoms with Crippen molar-refractivity contribution < 1.29 is 9.53 Å². The molecule has 1 amide bonds. The largest absolute Gasteiger partial charge is 0.370 e. The predicted molar refractivity (Wildman–Crippen MR) is 70.5 cm³/mol. The van der Waals surface area contributed by atoms with Gasteiger partial charge in [-0.15, -0.1) is 12.4 Å². The summed E-state index contributed by atoms with van der Waals surface area (Å²) in [7, 11) is 0. The number of thiophene rings is 1. The number of ether oxygens (including phenoxy) is 1. The van der Waals surface area contributed by atoms with E-state index in [-0.39, 0.29) is 24.4 Å². The number of morpholine rings is 1. The first-order chi connectivity index (χ1) is 7.81. The normalized spacial score (nSPS) is 19.8. The molecule has 1 aliphatic rings. The molecule has 0 radical (unpaired) electrons. The van der Waals surface area contributed by atoms with Crippen LogP contribution in [0.25, 0.3) is 0 Å². The minimum atomic E-state index is 0. The van der Waals surface area contributed by atoms with Crippen molar-refractivity contribution >= 4 is 29.7 Å². The Kier molecular flexibility index (Phi) is 5.91. The molecule has 0 spiro atoms. The minimum Gasteiger partial charge on any atom is -0.370 e. The fraction of sp³-hybridized carbons (Fsp3) is 0.545. The van der Waals surface area contributed by atoms with Gasteiger partial charge in [0.05, 0.1) is 13.2 Å². The van der Waals surface area contributed by atoms with Crippen LogP contribution in [0.3, 0.4) is 0 Å². The number of hydrogen-bond donors (Lipinski definition) is 1. The van der Waals surface area contributed by atoms with E-state index in [1.165, 1.54) is 0 Å². The van der Waals surface area contributed by atoms with Crippen LogP contribution in [-0.4, -0.2) is 37.0 Å². The van der Waals surface area contributed by atoms with Crippen molar-refractivity contribution in [2.45, 2.75) is 12.5 Å². The average molecular weight is 277 g/mol. The second-order valence-electron chi connectivity index (χ2n) is 3.79. The van der Waals surface area contributed by atoms with Gasteiger partial charge in [0.2, 0.25) is 5.91 Å². The van der Waals surface area contributed by atoms with Crippen LogP contribution in [0, 0.1) is 0 Å². The molecule has 1 aromatic heterocycles. The first-order valence-corrected chi connectivity index (χ1v) is 6.37. The van der Waals surface area contributed by atoms with Crippen LogP contribution in [-0.2, 0) is 9.53 Å². The first kappa shape index (κ1) is 14.4. The molecule has 0 saturated carbocycles. The van der Waals surface area contributed by atoms with E-state index in [1.54, 1.807) is 11.3 Å². The quantitative estimate of drug-likeness (QED) is 0.908. The molecule has 4 nitrogen and oxygen atoms in total. The smallest absolute Gasteiger partial charge is 0.224 e. The lowest BCUT2D eigenvalue weighted by Crippen LogP contribution is -2.42. The van der Waals surface area contributed by atoms with E-state index >= 15 is 0 Å². The maximum absolute atomic E-state index is 11.7. The summed E-state index contributed by atoms with van der Waals surface area (Å²) in [6, 6.07) is 2.05. The number of nitrogens with zero attached hydrogens (tertiary/aromatic N) is 1. The van der Waals surface area contributed by atoms with E-state index in [9.17, 15) is 4.79 Å². The summed E-state index contributed by atoms with van der Waals surface area (Å²) in [5, 5.41) is 4.10. The van der Waals surface area contributed by atoms with Crippen LogP contribution >= 0.6 is 23.7 Å². The topological polar surface area (TPSA) is 55.6 Å². The number of hydrogen-bond acceptors (Lipinski definition) is 4. The Bertz CT molecular complexity index is 345. The molecule has 1 atom stereocenters. The van der Waals surface area contributed by atoms with E-state index in [4.69, 9.17) is 10.5 Å². The van der Waals surface area contributed by atoms with Gasteiger partial charge >= 0.3 is 0 Å². The first-order valence-electron chi connectivity index (χ1n) is 5.43. The summed E-state index contributed by atoms with van der Waals surface area (Å²) in [6.45, 7) is 2.35. The lowest BCUT2D eigenvalue weighted by atomic mass is 10.1. The molecule has 6 heteroatoms. The molecule has 17 heavy (non-hydrogen) atoms. The van der Waals surface area contributed by atoms with Gasteiger partial charge in [0.1, 0.15) is 6.10 Å². The molecule has 1 fully saturated rings. The standard InChI is InChI=1S/C11H16N2O2S.ClH/c12-3-1-11(14)13-4-5-15-10(7-13)9-2-6-16-8-9;/h2,6,8,10H,1,3-5,7,12H2;1H. The van der Waals surface area contributed by atoms with E-state index in [2.05, 4.69) is 5.38 Å². The zero-order valence-corrected chi connectivity index (χ0v) is 11.1. The van der Waals surface area contributed by atoms with Crippen LogP contribution in [0.5, 0.6) is 0 Å². The molecule has 0 aromatic carbocycles. The Hall–Kier alpha value is -0.620. The van der Waals surface area contributed by atoms with E-state index in [0.29, 0.717) is 32.7 Å². The Balaban J connectivity index is 0.00000144. The third-order valence-corrected chi connectivity index (χ3v) is 3.39. The van der Waals surface area contributed by atoms with Gasteiger partial charge in [0, 0.05) is 19.5 Å². The molecular weight excluding hydrogens is 260 g/mol. The van der Waals surface area contributed by atoms with Crippen molar-refractivity contribution in [3.63, 3.8) is 0 Å². The molecule has 2 heterocycles. The highest BCUT2D eigenvalue weighted by Gasteiger charge is 2.24. The fourth-order valence-electron chi connectivity index (χ4n) is 1.82. The molecule has 1 unspecified atom stereocenters. The van der Waals surface area contributed by atoms with Crippen molar-refractivity contribution in [2.75, 3.05) is 26.2 Å². The molecule has 96 valence electrons. The zero-order chi connectivity index (χ0) is 11.4. The molecular formula is C11H17ClN2O2S. The molecule has 2 rings (SSSR count). The maximum atomic E-state index is 11.7. The molecule has 1 saturated heterocycles. The van der Waals surface area contributed by atoms with Crippen molar-refractivity contribution in [2.24, 2.45) is 5.73 Å². The monoisotopic (exact) mass is 276 g/mol. The summed E-state index contributed by atoms with van der Waals surface area (Å²) >= 11 is 1.65. The molecule has 0 bridgehead atoms. The Labute approximate surface area is 111 Å². The van der Waals surface area contributed by atoms with Crippen molar-refractivity contribution in [3.8, 4) is 0 Å². The van der Waals surface area contributed by atoms with Crippen LogP contribution < -0.4 is 5.73 Å². The molecule has 1 aliphatic heterocycles. The van der Waals surface area contributed by atoms with Gasteiger partial charge in [-0.05, 0) is 22.4 Å². The van der Waals surface area contributed by atoms with Gasteiger partial charge in [0.15, 0.2) is 0 Å². The van der Waals surface area contributed by atoms with Gasteiger partial charge in [0.25, 0.3) is 0 Å². The van der Waals surface area contributed by atoms with Crippen molar-refractivity contribution in [3.05, 3.63) is 22.4 Å². The van der Waals surface area contributed by atoms with Crippen LogP contribution in [0.2, 0.25) is 0 Å². The van der Waals surface area contributed by atoms with E-state index in [1.807, 2.05) is 16.3 Å². The average Bonchev–Trinajstić information content (AvgIpc) is 2.83. The number of carbonyl (C=O) groups excluding carboxylic acids is 1. The Morgan fingerprint density at radius 3 is 3.12 bits per heavy atom. The minimum absolute atomic E-state index is 0. The lowest BCUT2D eigenvalue weighted by molar-refractivity contribution is -0.138. The SMILES string of the molecule is Cl.NCCC(=O)N1CCOC(c2ccsc2)C1. The van der Waals surface area contributed by atoms with Crippen molar-refractivity contribution in [1.82, 2.24) is 4.90 Å². The Morgan fingerprint density at radius 1 is 1.65 bits per heavy atom. The number of nitrogens with two attached hydrogens (primary N) is 1. The van der Waals surface area contributed by atoms with Crippen molar-refractivity contribution in [1.29, 1.82) is 0 Å². The summed E-state index contributed by atoms with van der Waals surface area (Å²) in [5.41, 5.74) is 6.55. The molecule has 0 aliphatic carbocycles. The summed E-state index contributed by atoms with van der Waals surface area (Å²) in [4.78, 5) is 13.6. The highest BCUT2D eigenvalue weighted by atomic mass is 35.5. The van der Waals surface area contributed by atoms with E-state index in [0.717, 1.165) is 5.56 Å². The molecule has 1 aromatic rings. The van der Waals surface area contributed by atoms with Gasteiger partial charge in [-0.3, -0.25) is 4.79 Å². The van der Waals surface area contributed by atoms with E-state index < -0.39 is 0 Å². The predicted octanol–water partition coefficient (Wildman–Crippen LogP) is 1.42. The highest BCUT2D eigenvalue weighted by Crippen LogP contribution is 2.24. The number of carbonyl (C=O) groups is 1. The second kappa shape index (κ2) is 6.96.